The molecule has 0 bridgehead atoms. The molecule has 0 amide bonds. The number of aliphatic hydroxyl groups excluding tert-OH is 1. The third-order valence-corrected chi connectivity index (χ3v) is 6.14. The predicted octanol–water partition coefficient (Wildman–Crippen LogP) is 0.702. The van der Waals surface area contributed by atoms with E-state index in [0.29, 0.717) is 24.4 Å². The molecule has 0 fully saturated rings. The van der Waals surface area contributed by atoms with Crippen molar-refractivity contribution in [2.45, 2.75) is 25.4 Å². The average Bonchev–Trinajstić information content (AvgIpc) is 2.72. The van der Waals surface area contributed by atoms with Crippen LogP contribution >= 0.6 is 0 Å². The molecule has 0 unspecified atom stereocenters. The van der Waals surface area contributed by atoms with Gasteiger partial charge in [0.05, 0.1) is 13.2 Å². The zero-order chi connectivity index (χ0) is 15.2. The monoisotopic (exact) mass is 305 g/mol. The smallest absolute Gasteiger partial charge is 0.494 e. The molecule has 1 aromatic rings. The number of aliphatic hydroxyl groups is 1. The molecule has 0 spiro atoms. The van der Waals surface area contributed by atoms with Gasteiger partial charge >= 0.3 is 8.80 Å². The van der Waals surface area contributed by atoms with E-state index in [1.807, 2.05) is 0 Å². The Hall–Kier alpha value is -1.06. The Morgan fingerprint density at radius 3 is 2.25 bits per heavy atom. The van der Waals surface area contributed by atoms with Crippen molar-refractivity contribution < 1.29 is 28.6 Å². The lowest BCUT2D eigenvalue weighted by atomic mass is 10.2. The fourth-order valence-corrected chi connectivity index (χ4v) is 3.86. The number of aromatic nitrogens is 1. The van der Waals surface area contributed by atoms with Crippen molar-refractivity contribution in [3.63, 3.8) is 0 Å². The van der Waals surface area contributed by atoms with Crippen LogP contribution in [0.4, 0.5) is 0 Å². The molecule has 1 rings (SSSR count). The summed E-state index contributed by atoms with van der Waals surface area (Å²) in [6, 6.07) is 2.11. The molecule has 0 aliphatic carbocycles. The Bertz CT molecular complexity index is 410. The molecule has 3 N–H and O–H groups in total. The maximum absolute atomic E-state index is 9.95. The van der Waals surface area contributed by atoms with Gasteiger partial charge in [-0.05, 0) is 12.8 Å². The first-order valence-electron chi connectivity index (χ1n) is 6.40. The van der Waals surface area contributed by atoms with E-state index >= 15 is 0 Å². The average molecular weight is 305 g/mol. The first-order valence-corrected chi connectivity index (χ1v) is 8.33. The Balaban J connectivity index is 2.64. The fourth-order valence-electron chi connectivity index (χ4n) is 2.14. The summed E-state index contributed by atoms with van der Waals surface area (Å²) >= 11 is 0. The second kappa shape index (κ2) is 7.65. The molecule has 7 nitrogen and oxygen atoms in total. The number of hydrogen-bond acceptors (Lipinski definition) is 6. The van der Waals surface area contributed by atoms with Gasteiger partial charge < -0.3 is 28.6 Å². The minimum atomic E-state index is -2.60. The molecule has 0 atom stereocenters. The van der Waals surface area contributed by atoms with Crippen molar-refractivity contribution in [3.8, 4) is 11.8 Å². The largest absolute Gasteiger partial charge is 0.500 e. The molecule has 1 aromatic heterocycles. The van der Waals surface area contributed by atoms with Crippen molar-refractivity contribution in [3.05, 3.63) is 11.6 Å². The molecule has 20 heavy (non-hydrogen) atoms. The highest BCUT2D eigenvalue weighted by atomic mass is 28.4. The third kappa shape index (κ3) is 3.74. The van der Waals surface area contributed by atoms with Gasteiger partial charge in [0.2, 0.25) is 0 Å². The van der Waals surface area contributed by atoms with Crippen molar-refractivity contribution in [1.82, 2.24) is 4.57 Å². The minimum absolute atomic E-state index is 0.0175. The van der Waals surface area contributed by atoms with E-state index in [2.05, 4.69) is 0 Å². The van der Waals surface area contributed by atoms with Crippen LogP contribution in [0.1, 0.15) is 12.0 Å². The lowest BCUT2D eigenvalue weighted by Crippen LogP contribution is -2.42. The van der Waals surface area contributed by atoms with Crippen molar-refractivity contribution in [2.24, 2.45) is 0 Å². The normalized spacial score (nSPS) is 12.0. The van der Waals surface area contributed by atoms with Gasteiger partial charge in [-0.25, -0.2) is 0 Å². The maximum atomic E-state index is 9.95. The molecule has 0 saturated heterocycles. The van der Waals surface area contributed by atoms with Crippen LogP contribution in [-0.4, -0.2) is 56.6 Å². The fraction of sp³-hybridized carbons (Fsp3) is 0.667. The van der Waals surface area contributed by atoms with Gasteiger partial charge in [0.1, 0.15) is 0 Å². The van der Waals surface area contributed by atoms with E-state index in [1.54, 1.807) is 21.3 Å². The predicted molar refractivity (Wildman–Crippen MR) is 74.8 cm³/mol. The van der Waals surface area contributed by atoms with Crippen LogP contribution in [0.2, 0.25) is 6.04 Å². The molecular formula is C12H23NO6Si. The van der Waals surface area contributed by atoms with Crippen molar-refractivity contribution >= 4 is 8.80 Å². The molecule has 0 saturated carbocycles. The van der Waals surface area contributed by atoms with E-state index in [-0.39, 0.29) is 24.9 Å². The van der Waals surface area contributed by atoms with Crippen LogP contribution in [0, 0.1) is 0 Å². The molecular weight excluding hydrogens is 282 g/mol. The van der Waals surface area contributed by atoms with E-state index in [9.17, 15) is 10.2 Å². The molecule has 116 valence electrons. The number of hydrogen-bond donors (Lipinski definition) is 3. The summed E-state index contributed by atoms with van der Waals surface area (Å²) < 4.78 is 17.2. The summed E-state index contributed by atoms with van der Waals surface area (Å²) in [7, 11) is 2.07. The first-order chi connectivity index (χ1) is 9.53. The van der Waals surface area contributed by atoms with E-state index in [0.717, 1.165) is 0 Å². The molecule has 1 heterocycles. The van der Waals surface area contributed by atoms with Gasteiger partial charge in [-0.15, -0.1) is 0 Å². The Labute approximate surface area is 119 Å². The lowest BCUT2D eigenvalue weighted by Gasteiger charge is -2.24. The molecule has 0 aromatic carbocycles. The van der Waals surface area contributed by atoms with Gasteiger partial charge in [-0.1, -0.05) is 0 Å². The van der Waals surface area contributed by atoms with Gasteiger partial charge in [-0.2, -0.15) is 0 Å². The van der Waals surface area contributed by atoms with E-state index in [4.69, 9.17) is 18.4 Å². The topological polar surface area (TPSA) is 93.3 Å². The van der Waals surface area contributed by atoms with Crippen LogP contribution < -0.4 is 0 Å². The van der Waals surface area contributed by atoms with E-state index < -0.39 is 8.80 Å². The van der Waals surface area contributed by atoms with Gasteiger partial charge in [0.15, 0.2) is 11.8 Å². The number of nitrogens with zero attached hydrogens (tertiary/aromatic N) is 1. The Morgan fingerprint density at radius 2 is 1.75 bits per heavy atom. The summed E-state index contributed by atoms with van der Waals surface area (Å²) in [5.74, 6) is -0.0728. The van der Waals surface area contributed by atoms with E-state index in [1.165, 1.54) is 10.6 Å². The summed E-state index contributed by atoms with van der Waals surface area (Å²) in [6.45, 7) is 0.00680. The summed E-state index contributed by atoms with van der Waals surface area (Å²) in [6.07, 6.45) is 1.25. The molecule has 0 aliphatic heterocycles. The highest BCUT2D eigenvalue weighted by molar-refractivity contribution is 6.60. The number of aromatic hydroxyl groups is 2. The third-order valence-electron chi connectivity index (χ3n) is 3.31. The summed E-state index contributed by atoms with van der Waals surface area (Å²) in [5.41, 5.74) is 0.627. The second-order valence-corrected chi connectivity index (χ2v) is 7.47. The van der Waals surface area contributed by atoms with Gasteiger partial charge in [-0.3, -0.25) is 4.57 Å². The highest BCUT2D eigenvalue weighted by Crippen LogP contribution is 2.29. The SMILES string of the molecule is CO[Si](CCCc1cc(O)n(CCO)c1O)(OC)OC. The van der Waals surface area contributed by atoms with Crippen molar-refractivity contribution in [1.29, 1.82) is 0 Å². The second-order valence-electron chi connectivity index (χ2n) is 4.38. The van der Waals surface area contributed by atoms with Crippen LogP contribution in [0.5, 0.6) is 11.8 Å². The summed E-state index contributed by atoms with van der Waals surface area (Å²) in [5, 5.41) is 28.5. The zero-order valence-electron chi connectivity index (χ0n) is 12.1. The van der Waals surface area contributed by atoms with Crippen LogP contribution in [0.15, 0.2) is 6.07 Å². The number of rotatable bonds is 9. The lowest BCUT2D eigenvalue weighted by molar-refractivity contribution is 0.123. The maximum Gasteiger partial charge on any atom is 0.500 e. The van der Waals surface area contributed by atoms with Crippen LogP contribution in [0.3, 0.4) is 0 Å². The highest BCUT2D eigenvalue weighted by Gasteiger charge is 2.37. The van der Waals surface area contributed by atoms with Gasteiger partial charge in [0.25, 0.3) is 0 Å². The van der Waals surface area contributed by atoms with Crippen LogP contribution in [0.25, 0.3) is 0 Å². The van der Waals surface area contributed by atoms with Crippen LogP contribution in [-0.2, 0) is 26.2 Å². The Kier molecular flexibility index (Phi) is 6.50. The molecule has 8 heteroatoms. The molecule has 0 aliphatic rings. The summed E-state index contributed by atoms with van der Waals surface area (Å²) in [4.78, 5) is 0. The van der Waals surface area contributed by atoms with Crippen molar-refractivity contribution in [2.75, 3.05) is 27.9 Å². The Morgan fingerprint density at radius 1 is 1.15 bits per heavy atom. The minimum Gasteiger partial charge on any atom is -0.494 e. The first kappa shape index (κ1) is 17.0. The van der Waals surface area contributed by atoms with Gasteiger partial charge in [0, 0.05) is 39.0 Å². The molecule has 0 radical (unpaired) electrons. The zero-order valence-corrected chi connectivity index (χ0v) is 13.1. The number of aryl methyl sites for hydroxylation is 1. The standard InChI is InChI=1S/C12H23NO6Si/c1-17-20(18-2,19-3)8-4-5-10-9-11(15)13(6-7-14)12(10)16/h9,14-16H,4-8H2,1-3H3. The quantitative estimate of drug-likeness (QED) is 0.582.